The van der Waals surface area contributed by atoms with Crippen LogP contribution in [0.25, 0.3) is 0 Å². The van der Waals surface area contributed by atoms with E-state index < -0.39 is 17.8 Å². The average Bonchev–Trinajstić information content (AvgIpc) is 2.60. The molecule has 0 radical (unpaired) electrons. The highest BCUT2D eigenvalue weighted by Gasteiger charge is 2.32. The van der Waals surface area contributed by atoms with Crippen molar-refractivity contribution in [2.75, 3.05) is 5.88 Å². The fourth-order valence-electron chi connectivity index (χ4n) is 1.52. The van der Waals surface area contributed by atoms with Crippen molar-refractivity contribution in [1.29, 1.82) is 0 Å². The van der Waals surface area contributed by atoms with Gasteiger partial charge in [0.25, 0.3) is 11.8 Å². The summed E-state index contributed by atoms with van der Waals surface area (Å²) in [5, 5.41) is 0.584. The van der Waals surface area contributed by atoms with Gasteiger partial charge in [-0.05, 0) is 12.8 Å². The third-order valence-electron chi connectivity index (χ3n) is 2.46. The first-order chi connectivity index (χ1) is 8.15. The summed E-state index contributed by atoms with van der Waals surface area (Å²) in [5.41, 5.74) is 0. The Morgan fingerprint density at radius 1 is 1.12 bits per heavy atom. The highest BCUT2D eigenvalue weighted by atomic mass is 35.5. The average molecular weight is 262 g/mol. The Morgan fingerprint density at radius 3 is 2.29 bits per heavy atom. The lowest BCUT2D eigenvalue weighted by Crippen LogP contribution is -2.31. The molecule has 0 N–H and O–H groups in total. The van der Waals surface area contributed by atoms with Crippen molar-refractivity contribution < 1.29 is 19.2 Å². The van der Waals surface area contributed by atoms with E-state index in [1.807, 2.05) is 0 Å². The number of hydroxylamine groups is 2. The molecule has 1 rings (SSSR count). The molecule has 5 nitrogen and oxygen atoms in total. The third kappa shape index (κ3) is 4.73. The quantitative estimate of drug-likeness (QED) is 0.398. The van der Waals surface area contributed by atoms with Crippen LogP contribution < -0.4 is 0 Å². The molecule has 96 valence electrons. The van der Waals surface area contributed by atoms with E-state index in [0.29, 0.717) is 17.4 Å². The van der Waals surface area contributed by atoms with E-state index in [0.717, 1.165) is 19.3 Å². The minimum absolute atomic E-state index is 0.127. The second-order valence-electron chi connectivity index (χ2n) is 3.90. The monoisotopic (exact) mass is 261 g/mol. The third-order valence-corrected chi connectivity index (χ3v) is 2.73. The van der Waals surface area contributed by atoms with Crippen LogP contribution in [0.4, 0.5) is 0 Å². The summed E-state index contributed by atoms with van der Waals surface area (Å²) in [6.45, 7) is 0. The number of halogens is 1. The molecule has 0 aliphatic carbocycles. The van der Waals surface area contributed by atoms with Gasteiger partial charge in [-0.3, -0.25) is 9.59 Å². The van der Waals surface area contributed by atoms with E-state index in [4.69, 9.17) is 16.4 Å². The van der Waals surface area contributed by atoms with Crippen molar-refractivity contribution in [2.45, 2.75) is 44.9 Å². The number of amides is 2. The molecule has 0 aromatic carbocycles. The van der Waals surface area contributed by atoms with Crippen LogP contribution >= 0.6 is 11.6 Å². The SMILES string of the molecule is O=C(CCCCCCCl)ON1C(=O)CCC1=O. The van der Waals surface area contributed by atoms with Gasteiger partial charge in [0.2, 0.25) is 0 Å². The standard InChI is InChI=1S/C11H16ClNO4/c12-8-4-2-1-3-5-11(16)17-13-9(14)6-7-10(13)15/h1-8H2. The van der Waals surface area contributed by atoms with Gasteiger partial charge in [0.05, 0.1) is 0 Å². The summed E-state index contributed by atoms with van der Waals surface area (Å²) in [7, 11) is 0. The molecule has 0 aromatic heterocycles. The number of carbonyl (C=O) groups excluding carboxylic acids is 3. The molecule has 0 bridgehead atoms. The van der Waals surface area contributed by atoms with Gasteiger partial charge in [0.1, 0.15) is 0 Å². The number of rotatable bonds is 7. The maximum Gasteiger partial charge on any atom is 0.333 e. The smallest absolute Gasteiger partial charge is 0.330 e. The Labute approximate surface area is 105 Å². The topological polar surface area (TPSA) is 63.7 Å². The van der Waals surface area contributed by atoms with Crippen LogP contribution in [-0.2, 0) is 19.2 Å². The fraction of sp³-hybridized carbons (Fsp3) is 0.727. The second-order valence-corrected chi connectivity index (χ2v) is 4.28. The van der Waals surface area contributed by atoms with Crippen LogP contribution in [-0.4, -0.2) is 28.7 Å². The van der Waals surface area contributed by atoms with Gasteiger partial charge in [-0.25, -0.2) is 4.79 Å². The first-order valence-electron chi connectivity index (χ1n) is 5.77. The summed E-state index contributed by atoms with van der Waals surface area (Å²) >= 11 is 5.52. The maximum absolute atomic E-state index is 11.3. The second kappa shape index (κ2) is 7.27. The molecule has 0 unspecified atom stereocenters. The Hall–Kier alpha value is -1.10. The number of alkyl halides is 1. The highest BCUT2D eigenvalue weighted by molar-refractivity contribution is 6.17. The Kier molecular flexibility index (Phi) is 5.97. The van der Waals surface area contributed by atoms with Crippen LogP contribution in [0.15, 0.2) is 0 Å². The van der Waals surface area contributed by atoms with Crippen LogP contribution in [0.1, 0.15) is 44.9 Å². The van der Waals surface area contributed by atoms with E-state index >= 15 is 0 Å². The summed E-state index contributed by atoms with van der Waals surface area (Å²) < 4.78 is 0. The molecule has 1 aliphatic rings. The minimum Gasteiger partial charge on any atom is -0.330 e. The summed E-state index contributed by atoms with van der Waals surface area (Å²) in [5.74, 6) is -0.781. The lowest BCUT2D eigenvalue weighted by atomic mass is 10.2. The first kappa shape index (κ1) is 14.0. The summed E-state index contributed by atoms with van der Waals surface area (Å²) in [4.78, 5) is 38.3. The molecule has 0 atom stereocenters. The predicted octanol–water partition coefficient (Wildman–Crippen LogP) is 1.78. The van der Waals surface area contributed by atoms with E-state index in [1.165, 1.54) is 0 Å². The minimum atomic E-state index is -0.528. The van der Waals surface area contributed by atoms with Crippen molar-refractivity contribution in [1.82, 2.24) is 5.06 Å². The molecule has 0 aromatic rings. The molecule has 0 saturated carbocycles. The normalized spacial score (nSPS) is 15.5. The highest BCUT2D eigenvalue weighted by Crippen LogP contribution is 2.13. The zero-order valence-electron chi connectivity index (χ0n) is 9.62. The molecule has 17 heavy (non-hydrogen) atoms. The Morgan fingerprint density at radius 2 is 1.71 bits per heavy atom. The zero-order valence-corrected chi connectivity index (χ0v) is 10.4. The lowest BCUT2D eigenvalue weighted by Gasteiger charge is -2.12. The van der Waals surface area contributed by atoms with Crippen molar-refractivity contribution in [2.24, 2.45) is 0 Å². The zero-order chi connectivity index (χ0) is 12.7. The Balaban J connectivity index is 2.16. The number of carbonyl (C=O) groups is 3. The van der Waals surface area contributed by atoms with Gasteiger partial charge in [-0.1, -0.05) is 12.8 Å². The molecule has 1 aliphatic heterocycles. The van der Waals surface area contributed by atoms with Crippen molar-refractivity contribution >= 4 is 29.4 Å². The first-order valence-corrected chi connectivity index (χ1v) is 6.31. The van der Waals surface area contributed by atoms with E-state index in [1.54, 1.807) is 0 Å². The Bertz CT molecular complexity index is 290. The van der Waals surface area contributed by atoms with Crippen molar-refractivity contribution in [3.63, 3.8) is 0 Å². The molecule has 0 spiro atoms. The van der Waals surface area contributed by atoms with E-state index in [9.17, 15) is 14.4 Å². The number of nitrogens with zero attached hydrogens (tertiary/aromatic N) is 1. The van der Waals surface area contributed by atoms with Crippen LogP contribution in [0.2, 0.25) is 0 Å². The molecule has 6 heteroatoms. The van der Waals surface area contributed by atoms with Crippen molar-refractivity contribution in [3.05, 3.63) is 0 Å². The molecule has 1 heterocycles. The van der Waals surface area contributed by atoms with Crippen LogP contribution in [0, 0.1) is 0 Å². The van der Waals surface area contributed by atoms with Gasteiger partial charge in [-0.15, -0.1) is 16.7 Å². The fourth-order valence-corrected chi connectivity index (χ4v) is 1.71. The molecule has 1 saturated heterocycles. The van der Waals surface area contributed by atoms with E-state index in [2.05, 4.69) is 0 Å². The van der Waals surface area contributed by atoms with Gasteiger partial charge in [0, 0.05) is 25.1 Å². The lowest BCUT2D eigenvalue weighted by molar-refractivity contribution is -0.197. The summed E-state index contributed by atoms with van der Waals surface area (Å²) in [6.07, 6.45) is 3.96. The number of imide groups is 1. The van der Waals surface area contributed by atoms with E-state index in [-0.39, 0.29) is 19.3 Å². The molecular formula is C11H16ClNO4. The predicted molar refractivity (Wildman–Crippen MR) is 61.0 cm³/mol. The van der Waals surface area contributed by atoms with Gasteiger partial charge in [0.15, 0.2) is 0 Å². The number of hydrogen-bond acceptors (Lipinski definition) is 4. The van der Waals surface area contributed by atoms with Gasteiger partial charge in [-0.2, -0.15) is 0 Å². The van der Waals surface area contributed by atoms with Crippen LogP contribution in [0.3, 0.4) is 0 Å². The van der Waals surface area contributed by atoms with Crippen LogP contribution in [0.5, 0.6) is 0 Å². The van der Waals surface area contributed by atoms with Crippen molar-refractivity contribution in [3.8, 4) is 0 Å². The molecular weight excluding hydrogens is 246 g/mol. The van der Waals surface area contributed by atoms with Gasteiger partial charge < -0.3 is 4.84 Å². The number of hydrogen-bond donors (Lipinski definition) is 0. The largest absolute Gasteiger partial charge is 0.333 e. The summed E-state index contributed by atoms with van der Waals surface area (Å²) in [6, 6.07) is 0. The molecule has 1 fully saturated rings. The number of unbranched alkanes of at least 4 members (excludes halogenated alkanes) is 3. The van der Waals surface area contributed by atoms with Gasteiger partial charge >= 0.3 is 5.97 Å². The molecule has 2 amide bonds. The maximum atomic E-state index is 11.3.